The largest absolute Gasteiger partial charge is 0.458 e. The minimum absolute atomic E-state index is 0.0903. The van der Waals surface area contributed by atoms with Gasteiger partial charge < -0.3 is 18.5 Å². The zero-order valence-electron chi connectivity index (χ0n) is 18.6. The second-order valence-corrected chi connectivity index (χ2v) is 10.8. The van der Waals surface area contributed by atoms with E-state index in [0.717, 1.165) is 18.6 Å². The second kappa shape index (κ2) is 9.88. The lowest BCUT2D eigenvalue weighted by Gasteiger charge is -2.26. The number of hydrogen-bond acceptors (Lipinski definition) is 9. The van der Waals surface area contributed by atoms with Crippen molar-refractivity contribution in [2.45, 2.75) is 49.8 Å². The van der Waals surface area contributed by atoms with Crippen LogP contribution in [0.25, 0.3) is 11.6 Å². The molecule has 3 aromatic heterocycles. The summed E-state index contributed by atoms with van der Waals surface area (Å²) < 4.78 is 45.6. The van der Waals surface area contributed by atoms with E-state index in [9.17, 15) is 8.42 Å². The highest BCUT2D eigenvalue weighted by Gasteiger charge is 2.35. The fourth-order valence-corrected chi connectivity index (χ4v) is 5.46. The molecule has 0 unspecified atom stereocenters. The van der Waals surface area contributed by atoms with Crippen molar-refractivity contribution >= 4 is 21.4 Å². The number of aryl methyl sites for hydroxylation is 1. The Morgan fingerprint density at radius 3 is 2.64 bits per heavy atom. The van der Waals surface area contributed by atoms with Crippen LogP contribution < -0.4 is 0 Å². The molecular weight excluding hydrogens is 470 g/mol. The van der Waals surface area contributed by atoms with Gasteiger partial charge in [0.15, 0.2) is 27.2 Å². The van der Waals surface area contributed by atoms with Crippen molar-refractivity contribution in [2.24, 2.45) is 0 Å². The van der Waals surface area contributed by atoms with Gasteiger partial charge in [0.05, 0.1) is 22.9 Å². The van der Waals surface area contributed by atoms with Gasteiger partial charge in [0.1, 0.15) is 23.4 Å². The molecule has 4 heterocycles. The van der Waals surface area contributed by atoms with E-state index in [-0.39, 0.29) is 17.6 Å². The lowest BCUT2D eigenvalue weighted by molar-refractivity contribution is 0.0587. The third-order valence-corrected chi connectivity index (χ3v) is 7.94. The standard InChI is InChI=1S/C21H26ClN5O5S/c1-13-6-7-17(32-13)21-26-25-18(27(21)16-5-4-8-31-11-16)12-33(28,29)14(2)19(30-3)20-23-9-15(22)10-24-20/h6-7,9-10,14,16,19H,4-5,8,11-12H2,1-3H3/t14-,16+,19-/m0/s1. The van der Waals surface area contributed by atoms with Gasteiger partial charge in [-0.3, -0.25) is 0 Å². The first-order valence-corrected chi connectivity index (χ1v) is 12.7. The Labute approximate surface area is 197 Å². The summed E-state index contributed by atoms with van der Waals surface area (Å²) in [7, 11) is -2.32. The van der Waals surface area contributed by atoms with E-state index in [1.165, 1.54) is 19.5 Å². The van der Waals surface area contributed by atoms with Crippen molar-refractivity contribution in [1.29, 1.82) is 0 Å². The summed E-state index contributed by atoms with van der Waals surface area (Å²) in [4.78, 5) is 8.27. The van der Waals surface area contributed by atoms with Gasteiger partial charge in [-0.25, -0.2) is 18.4 Å². The number of ether oxygens (including phenoxy) is 2. The molecule has 1 aliphatic rings. The van der Waals surface area contributed by atoms with Crippen LogP contribution >= 0.6 is 11.6 Å². The van der Waals surface area contributed by atoms with Crippen LogP contribution in [-0.4, -0.2) is 58.7 Å². The molecule has 178 valence electrons. The monoisotopic (exact) mass is 495 g/mol. The first kappa shape index (κ1) is 23.8. The zero-order valence-corrected chi connectivity index (χ0v) is 20.2. The molecule has 0 aliphatic carbocycles. The third kappa shape index (κ3) is 5.11. The SMILES string of the molecule is CO[C@H](c1ncc(Cl)cn1)[C@H](C)S(=O)(=O)Cc1nnc(-c2ccc(C)o2)n1[C@@H]1CCCOC1. The van der Waals surface area contributed by atoms with Crippen LogP contribution in [0.1, 0.15) is 49.3 Å². The van der Waals surface area contributed by atoms with Crippen LogP contribution in [0, 0.1) is 6.92 Å². The van der Waals surface area contributed by atoms with Gasteiger partial charge in [-0.05, 0) is 38.8 Å². The summed E-state index contributed by atoms with van der Waals surface area (Å²) in [5.74, 6) is 1.99. The summed E-state index contributed by atoms with van der Waals surface area (Å²) in [5, 5.41) is 7.94. The van der Waals surface area contributed by atoms with Gasteiger partial charge in [-0.1, -0.05) is 11.6 Å². The Bertz CT molecular complexity index is 1190. The summed E-state index contributed by atoms with van der Waals surface area (Å²) in [6.07, 6.45) is 3.64. The minimum Gasteiger partial charge on any atom is -0.458 e. The highest BCUT2D eigenvalue weighted by Crippen LogP contribution is 2.31. The maximum absolute atomic E-state index is 13.4. The van der Waals surface area contributed by atoms with Gasteiger partial charge in [0.2, 0.25) is 0 Å². The third-order valence-electron chi connectivity index (χ3n) is 5.70. The molecule has 0 N–H and O–H groups in total. The molecular formula is C21H26ClN5O5S. The molecule has 4 rings (SSSR count). The zero-order chi connectivity index (χ0) is 23.6. The topological polar surface area (TPSA) is 122 Å². The van der Waals surface area contributed by atoms with E-state index in [1.807, 2.05) is 17.6 Å². The molecule has 0 amide bonds. The first-order valence-electron chi connectivity index (χ1n) is 10.6. The Hall–Kier alpha value is -2.34. The summed E-state index contributed by atoms with van der Waals surface area (Å²) in [6.45, 7) is 4.54. The van der Waals surface area contributed by atoms with Crippen molar-refractivity contribution in [1.82, 2.24) is 24.7 Å². The molecule has 1 fully saturated rings. The Balaban J connectivity index is 1.66. The summed E-state index contributed by atoms with van der Waals surface area (Å²) >= 11 is 5.86. The molecule has 0 spiro atoms. The smallest absolute Gasteiger partial charge is 0.200 e. The molecule has 10 nitrogen and oxygen atoms in total. The maximum atomic E-state index is 13.4. The molecule has 0 aromatic carbocycles. The Morgan fingerprint density at radius 1 is 1.27 bits per heavy atom. The average Bonchev–Trinajstić information content (AvgIpc) is 3.41. The lowest BCUT2D eigenvalue weighted by atomic mass is 10.1. The van der Waals surface area contributed by atoms with Gasteiger partial charge >= 0.3 is 0 Å². The number of aromatic nitrogens is 5. The maximum Gasteiger partial charge on any atom is 0.200 e. The van der Waals surface area contributed by atoms with Crippen molar-refractivity contribution in [3.05, 3.63) is 47.0 Å². The number of nitrogens with zero attached hydrogens (tertiary/aromatic N) is 5. The molecule has 0 radical (unpaired) electrons. The van der Waals surface area contributed by atoms with Crippen LogP contribution in [0.4, 0.5) is 0 Å². The normalized spacial score (nSPS) is 18.8. The fraction of sp³-hybridized carbons (Fsp3) is 0.524. The molecule has 33 heavy (non-hydrogen) atoms. The van der Waals surface area contributed by atoms with Crippen molar-refractivity contribution in [2.75, 3.05) is 20.3 Å². The minimum atomic E-state index is -3.74. The van der Waals surface area contributed by atoms with E-state index in [4.69, 9.17) is 25.5 Å². The molecule has 1 saturated heterocycles. The quantitative estimate of drug-likeness (QED) is 0.462. The van der Waals surface area contributed by atoms with Crippen LogP contribution in [0.2, 0.25) is 5.02 Å². The number of rotatable bonds is 8. The molecule has 1 aliphatic heterocycles. The van der Waals surface area contributed by atoms with Crippen LogP contribution in [0.3, 0.4) is 0 Å². The molecule has 3 atom stereocenters. The molecule has 0 saturated carbocycles. The van der Waals surface area contributed by atoms with Gasteiger partial charge in [-0.2, -0.15) is 0 Å². The van der Waals surface area contributed by atoms with Crippen molar-refractivity contribution in [3.63, 3.8) is 0 Å². The van der Waals surface area contributed by atoms with E-state index in [2.05, 4.69) is 20.2 Å². The van der Waals surface area contributed by atoms with E-state index in [0.29, 0.717) is 35.6 Å². The van der Waals surface area contributed by atoms with Crippen LogP contribution in [0.5, 0.6) is 0 Å². The van der Waals surface area contributed by atoms with Crippen LogP contribution in [0.15, 0.2) is 28.9 Å². The lowest BCUT2D eigenvalue weighted by Crippen LogP contribution is -2.31. The Morgan fingerprint density at radius 2 is 2.03 bits per heavy atom. The molecule has 3 aromatic rings. The highest BCUT2D eigenvalue weighted by molar-refractivity contribution is 7.91. The number of methoxy groups -OCH3 is 1. The van der Waals surface area contributed by atoms with E-state index < -0.39 is 21.2 Å². The molecule has 12 heteroatoms. The number of halogens is 1. The van der Waals surface area contributed by atoms with Crippen molar-refractivity contribution in [3.8, 4) is 11.6 Å². The van der Waals surface area contributed by atoms with E-state index in [1.54, 1.807) is 13.0 Å². The Kier molecular flexibility index (Phi) is 7.13. The first-order chi connectivity index (χ1) is 15.8. The fourth-order valence-electron chi connectivity index (χ4n) is 3.93. The highest BCUT2D eigenvalue weighted by atomic mass is 35.5. The van der Waals surface area contributed by atoms with Gasteiger partial charge in [0.25, 0.3) is 0 Å². The number of hydrogen-bond donors (Lipinski definition) is 0. The van der Waals surface area contributed by atoms with Crippen LogP contribution in [-0.2, 0) is 25.1 Å². The van der Waals surface area contributed by atoms with Gasteiger partial charge in [0, 0.05) is 26.1 Å². The van der Waals surface area contributed by atoms with E-state index >= 15 is 0 Å². The molecule has 0 bridgehead atoms. The summed E-state index contributed by atoms with van der Waals surface area (Å²) in [6, 6.07) is 3.55. The van der Waals surface area contributed by atoms with Gasteiger partial charge in [-0.15, -0.1) is 10.2 Å². The predicted molar refractivity (Wildman–Crippen MR) is 120 cm³/mol. The predicted octanol–water partition coefficient (Wildman–Crippen LogP) is 3.33. The number of sulfone groups is 1. The number of furan rings is 1. The van der Waals surface area contributed by atoms with Crippen molar-refractivity contribution < 1.29 is 22.3 Å². The summed E-state index contributed by atoms with van der Waals surface area (Å²) in [5.41, 5.74) is 0. The second-order valence-electron chi connectivity index (χ2n) is 8.02. The average molecular weight is 496 g/mol.